The lowest BCUT2D eigenvalue weighted by Crippen LogP contribution is -2.37. The number of carbonyl (C=O) groups is 1. The lowest BCUT2D eigenvalue weighted by molar-refractivity contribution is -0.0203. The van der Waals surface area contributed by atoms with Gasteiger partial charge in [0.1, 0.15) is 17.2 Å². The summed E-state index contributed by atoms with van der Waals surface area (Å²) < 4.78 is 11.8. The molecule has 1 aliphatic heterocycles. The normalized spacial score (nSPS) is 18.8. The summed E-state index contributed by atoms with van der Waals surface area (Å²) in [4.78, 5) is 13.1. The summed E-state index contributed by atoms with van der Waals surface area (Å²) in [5.74, 6) is -4.22. The van der Waals surface area contributed by atoms with Crippen LogP contribution < -0.4 is 10.5 Å². The highest BCUT2D eigenvalue weighted by atomic mass is 32.2. The second-order valence-corrected chi connectivity index (χ2v) is 9.23. The van der Waals surface area contributed by atoms with Gasteiger partial charge >= 0.3 is 5.97 Å². The van der Waals surface area contributed by atoms with Crippen molar-refractivity contribution in [1.82, 2.24) is 0 Å². The minimum Gasteiger partial charge on any atom is -0.508 e. The first-order valence-electron chi connectivity index (χ1n) is 10.6. The van der Waals surface area contributed by atoms with E-state index < -0.39 is 46.4 Å². The van der Waals surface area contributed by atoms with E-state index in [1.165, 1.54) is 36.0 Å². The Morgan fingerprint density at radius 1 is 0.889 bits per heavy atom. The first kappa shape index (κ1) is 24.9. The number of carbonyl (C=O) groups excluding carboxylic acids is 1. The fourth-order valence-electron chi connectivity index (χ4n) is 3.89. The number of fused-ring (bicyclic) bond motifs is 1. The lowest BCUT2D eigenvalue weighted by Gasteiger charge is -2.39. The van der Waals surface area contributed by atoms with Crippen molar-refractivity contribution in [3.63, 3.8) is 0 Å². The third-order valence-electron chi connectivity index (χ3n) is 5.53. The molecule has 0 bridgehead atoms. The number of esters is 1. The fraction of sp³-hybridized carbons (Fsp3) is 0.208. The van der Waals surface area contributed by atoms with E-state index in [0.29, 0.717) is 11.3 Å². The molecule has 3 aromatic carbocycles. The van der Waals surface area contributed by atoms with Gasteiger partial charge in [-0.25, -0.2) is 4.79 Å². The Morgan fingerprint density at radius 3 is 2.22 bits per heavy atom. The molecule has 1 heterocycles. The summed E-state index contributed by atoms with van der Waals surface area (Å²) in [6, 6.07) is 8.10. The average Bonchev–Trinajstić information content (AvgIpc) is 2.82. The van der Waals surface area contributed by atoms with Crippen molar-refractivity contribution in [2.24, 2.45) is 5.73 Å². The van der Waals surface area contributed by atoms with Gasteiger partial charge in [-0.2, -0.15) is 0 Å². The predicted octanol–water partition coefficient (Wildman–Crippen LogP) is 2.72. The molecule has 0 radical (unpaired) electrons. The van der Waals surface area contributed by atoms with E-state index in [4.69, 9.17) is 15.2 Å². The maximum atomic E-state index is 13.1. The first-order valence-corrected chi connectivity index (χ1v) is 11.7. The molecule has 4 rings (SSSR count). The topological polar surface area (TPSA) is 203 Å². The zero-order valence-electron chi connectivity index (χ0n) is 18.5. The molecule has 3 atom stereocenters. The molecule has 3 aromatic rings. The molecule has 1 aliphatic rings. The Labute approximate surface area is 208 Å². The van der Waals surface area contributed by atoms with Crippen molar-refractivity contribution in [3.8, 4) is 46.0 Å². The molecule has 36 heavy (non-hydrogen) atoms. The third kappa shape index (κ3) is 4.68. The smallest absolute Gasteiger partial charge is 0.338 e. The number of ether oxygens (including phenoxy) is 2. The van der Waals surface area contributed by atoms with Gasteiger partial charge < -0.3 is 51.0 Å². The van der Waals surface area contributed by atoms with Crippen LogP contribution >= 0.6 is 11.8 Å². The Bertz CT molecular complexity index is 1290. The summed E-state index contributed by atoms with van der Waals surface area (Å²) >= 11 is 1.25. The number of nitrogens with two attached hydrogens (primary N) is 1. The summed E-state index contributed by atoms with van der Waals surface area (Å²) in [6.45, 7) is 0.251. The SMILES string of the molecule is NCCS[C@H]1c2c(O)cc(O)cc2O[C@H](c2ccc(O)c(O)c2)[C@@H]1OC(=O)c1cc(O)c(O)c(O)c1. The van der Waals surface area contributed by atoms with Gasteiger partial charge in [-0.05, 0) is 24.3 Å². The predicted molar refractivity (Wildman–Crippen MR) is 128 cm³/mol. The van der Waals surface area contributed by atoms with Crippen molar-refractivity contribution in [1.29, 1.82) is 0 Å². The standard InChI is InChI=1S/C24H23NO10S/c25-3-4-36-23-19-15(29)8-12(26)9-18(19)34-21(10-1-2-13(27)14(28)5-10)22(23)35-24(33)11-6-16(30)20(32)17(31)7-11/h1-2,5-9,21-23,26-32H,3-4,25H2/t21-,22+,23+/m1/s1. The average molecular weight is 518 g/mol. The van der Waals surface area contributed by atoms with Crippen molar-refractivity contribution in [2.75, 3.05) is 12.3 Å². The molecule has 0 spiro atoms. The minimum atomic E-state index is -1.17. The molecule has 0 unspecified atom stereocenters. The van der Waals surface area contributed by atoms with Crippen molar-refractivity contribution in [2.45, 2.75) is 17.5 Å². The van der Waals surface area contributed by atoms with Crippen molar-refractivity contribution >= 4 is 17.7 Å². The molecular weight excluding hydrogens is 494 g/mol. The number of aromatic hydroxyl groups is 7. The Balaban J connectivity index is 1.83. The van der Waals surface area contributed by atoms with Crippen LogP contribution in [0.4, 0.5) is 0 Å². The molecule has 0 aromatic heterocycles. The number of phenols is 7. The fourth-order valence-corrected chi connectivity index (χ4v) is 5.08. The number of benzene rings is 3. The van der Waals surface area contributed by atoms with Crippen LogP contribution in [0.3, 0.4) is 0 Å². The highest BCUT2D eigenvalue weighted by Gasteiger charge is 2.44. The molecule has 190 valence electrons. The van der Waals surface area contributed by atoms with Crippen LogP contribution in [0.5, 0.6) is 46.0 Å². The lowest BCUT2D eigenvalue weighted by atomic mass is 9.93. The molecular formula is C24H23NO10S. The molecule has 0 saturated heterocycles. The molecule has 0 saturated carbocycles. The second-order valence-electron chi connectivity index (χ2n) is 7.98. The van der Waals surface area contributed by atoms with Crippen molar-refractivity contribution < 1.29 is 50.0 Å². The maximum Gasteiger partial charge on any atom is 0.338 e. The number of phenolic OH excluding ortho intramolecular Hbond substituents is 7. The minimum absolute atomic E-state index is 0.104. The van der Waals surface area contributed by atoms with Gasteiger partial charge in [0, 0.05) is 30.0 Å². The van der Waals surface area contributed by atoms with Gasteiger partial charge in [0.05, 0.1) is 16.4 Å². The van der Waals surface area contributed by atoms with E-state index in [0.717, 1.165) is 18.2 Å². The molecule has 12 heteroatoms. The monoisotopic (exact) mass is 517 g/mol. The highest BCUT2D eigenvalue weighted by molar-refractivity contribution is 7.99. The van der Waals surface area contributed by atoms with Gasteiger partial charge in [0.25, 0.3) is 0 Å². The van der Waals surface area contributed by atoms with E-state index in [1.54, 1.807) is 0 Å². The molecule has 0 fully saturated rings. The van der Waals surface area contributed by atoms with E-state index in [2.05, 4.69) is 0 Å². The van der Waals surface area contributed by atoms with Crippen LogP contribution in [-0.2, 0) is 4.74 Å². The zero-order chi connectivity index (χ0) is 26.1. The van der Waals surface area contributed by atoms with Crippen LogP contribution in [0.1, 0.15) is 32.8 Å². The largest absolute Gasteiger partial charge is 0.508 e. The van der Waals surface area contributed by atoms with Crippen LogP contribution in [0.25, 0.3) is 0 Å². The highest BCUT2D eigenvalue weighted by Crippen LogP contribution is 2.53. The van der Waals surface area contributed by atoms with Gasteiger partial charge in [-0.15, -0.1) is 11.8 Å². The number of thioether (sulfide) groups is 1. The van der Waals surface area contributed by atoms with Gasteiger partial charge in [-0.3, -0.25) is 0 Å². The Hall–Kier alpha value is -4.16. The van der Waals surface area contributed by atoms with E-state index >= 15 is 0 Å². The van der Waals surface area contributed by atoms with Gasteiger partial charge in [0.2, 0.25) is 0 Å². The number of hydrogen-bond acceptors (Lipinski definition) is 12. The Morgan fingerprint density at radius 2 is 1.58 bits per heavy atom. The van der Waals surface area contributed by atoms with E-state index in [-0.39, 0.29) is 40.7 Å². The number of hydrogen-bond donors (Lipinski definition) is 8. The third-order valence-corrected chi connectivity index (χ3v) is 6.87. The van der Waals surface area contributed by atoms with Crippen LogP contribution in [-0.4, -0.2) is 60.1 Å². The first-order chi connectivity index (χ1) is 17.1. The zero-order valence-corrected chi connectivity index (χ0v) is 19.3. The van der Waals surface area contributed by atoms with E-state index in [9.17, 15) is 40.5 Å². The molecule has 0 aliphatic carbocycles. The van der Waals surface area contributed by atoms with Crippen molar-refractivity contribution in [3.05, 3.63) is 59.2 Å². The van der Waals surface area contributed by atoms with Gasteiger partial charge in [0.15, 0.2) is 41.0 Å². The molecule has 0 amide bonds. The maximum absolute atomic E-state index is 13.1. The van der Waals surface area contributed by atoms with Gasteiger partial charge in [-0.1, -0.05) is 6.07 Å². The number of rotatable bonds is 6. The summed E-state index contributed by atoms with van der Waals surface area (Å²) in [5, 5.41) is 68.9. The second kappa shape index (κ2) is 9.84. The van der Waals surface area contributed by atoms with Crippen LogP contribution in [0.15, 0.2) is 42.5 Å². The Kier molecular flexibility index (Phi) is 6.82. The quantitative estimate of drug-likeness (QED) is 0.176. The summed E-state index contributed by atoms with van der Waals surface area (Å²) in [5.41, 5.74) is 5.95. The molecule has 11 nitrogen and oxygen atoms in total. The van der Waals surface area contributed by atoms with E-state index in [1.807, 2.05) is 0 Å². The van der Waals surface area contributed by atoms with Crippen LogP contribution in [0.2, 0.25) is 0 Å². The van der Waals surface area contributed by atoms with Crippen LogP contribution in [0, 0.1) is 0 Å². The molecule has 9 N–H and O–H groups in total. The summed E-state index contributed by atoms with van der Waals surface area (Å²) in [6.07, 6.45) is -2.26. The summed E-state index contributed by atoms with van der Waals surface area (Å²) in [7, 11) is 0.